The zero-order valence-electron chi connectivity index (χ0n) is 15.6. The first-order valence-electron chi connectivity index (χ1n) is 8.80. The van der Waals surface area contributed by atoms with E-state index in [0.29, 0.717) is 17.9 Å². The fourth-order valence-corrected chi connectivity index (χ4v) is 2.70. The maximum Gasteiger partial charge on any atom is 0.253 e. The van der Waals surface area contributed by atoms with Crippen molar-refractivity contribution in [2.75, 3.05) is 31.2 Å². The lowest BCUT2D eigenvalue weighted by atomic mass is 10.3. The molecule has 0 fully saturated rings. The van der Waals surface area contributed by atoms with Gasteiger partial charge >= 0.3 is 0 Å². The highest BCUT2D eigenvalue weighted by atomic mass is 32.2. The number of hydrogen-bond donors (Lipinski definition) is 3. The summed E-state index contributed by atoms with van der Waals surface area (Å²) in [6, 6.07) is 0. The molecule has 1 aliphatic rings. The second kappa shape index (κ2) is 14.7. The quantitative estimate of drug-likeness (QED) is 0.249. The summed E-state index contributed by atoms with van der Waals surface area (Å²) in [5, 5.41) is 21.2. The number of amides is 3. The summed E-state index contributed by atoms with van der Waals surface area (Å²) in [6.45, 7) is 6.07. The van der Waals surface area contributed by atoms with Gasteiger partial charge in [-0.3, -0.25) is 19.3 Å². The predicted molar refractivity (Wildman–Crippen MR) is 100 cm³/mol. The van der Waals surface area contributed by atoms with Gasteiger partial charge in [-0.15, -0.1) is 0 Å². The zero-order chi connectivity index (χ0) is 19.9. The summed E-state index contributed by atoms with van der Waals surface area (Å²) in [4.78, 5) is 35.3. The third-order valence-corrected chi connectivity index (χ3v) is 4.31. The van der Waals surface area contributed by atoms with E-state index in [1.807, 2.05) is 20.8 Å². The number of thioether (sulfide) groups is 1. The fourth-order valence-electron chi connectivity index (χ4n) is 1.93. The van der Waals surface area contributed by atoms with Crippen LogP contribution in [0.15, 0.2) is 12.2 Å². The third kappa shape index (κ3) is 9.91. The van der Waals surface area contributed by atoms with Crippen LogP contribution in [0.3, 0.4) is 0 Å². The lowest BCUT2D eigenvalue weighted by Gasteiger charge is -2.18. The molecule has 3 amide bonds. The van der Waals surface area contributed by atoms with Crippen molar-refractivity contribution < 1.29 is 29.3 Å². The Labute approximate surface area is 159 Å². The van der Waals surface area contributed by atoms with Crippen LogP contribution in [0.5, 0.6) is 0 Å². The zero-order valence-corrected chi connectivity index (χ0v) is 16.5. The van der Waals surface area contributed by atoms with Gasteiger partial charge in [-0.05, 0) is 6.42 Å². The van der Waals surface area contributed by atoms with Crippen molar-refractivity contribution >= 4 is 29.5 Å². The van der Waals surface area contributed by atoms with E-state index in [2.05, 4.69) is 5.32 Å². The van der Waals surface area contributed by atoms with Crippen molar-refractivity contribution in [3.05, 3.63) is 12.2 Å². The molecule has 0 spiro atoms. The van der Waals surface area contributed by atoms with Gasteiger partial charge in [0.15, 0.2) is 6.29 Å². The fraction of sp³-hybridized carbons (Fsp3) is 0.706. The number of nitrogens with zero attached hydrogens (tertiary/aromatic N) is 1. The third-order valence-electron chi connectivity index (χ3n) is 3.30. The molecule has 150 valence electrons. The van der Waals surface area contributed by atoms with Crippen molar-refractivity contribution in [3.8, 4) is 0 Å². The SMILES string of the molecule is CC.CCC(CO)OC(O)CSCCC(=O)NCCN1C(=O)C=CC1=O. The lowest BCUT2D eigenvalue weighted by molar-refractivity contribution is -0.137. The maximum absolute atomic E-state index is 11.6. The van der Waals surface area contributed by atoms with E-state index in [-0.39, 0.29) is 49.9 Å². The van der Waals surface area contributed by atoms with Gasteiger partial charge in [0.25, 0.3) is 11.8 Å². The van der Waals surface area contributed by atoms with Gasteiger partial charge in [-0.2, -0.15) is 11.8 Å². The van der Waals surface area contributed by atoms with Crippen molar-refractivity contribution in [3.63, 3.8) is 0 Å². The normalized spacial score (nSPS) is 15.5. The maximum atomic E-state index is 11.6. The topological polar surface area (TPSA) is 116 Å². The first-order chi connectivity index (χ1) is 12.5. The summed E-state index contributed by atoms with van der Waals surface area (Å²) in [7, 11) is 0. The average molecular weight is 391 g/mol. The van der Waals surface area contributed by atoms with E-state index in [1.54, 1.807) is 0 Å². The Morgan fingerprint density at radius 1 is 1.31 bits per heavy atom. The van der Waals surface area contributed by atoms with Crippen LogP contribution in [0, 0.1) is 0 Å². The molecule has 26 heavy (non-hydrogen) atoms. The van der Waals surface area contributed by atoms with Crippen LogP contribution in [0.2, 0.25) is 0 Å². The smallest absolute Gasteiger partial charge is 0.253 e. The highest BCUT2D eigenvalue weighted by molar-refractivity contribution is 7.99. The van der Waals surface area contributed by atoms with E-state index >= 15 is 0 Å². The number of imide groups is 1. The first-order valence-corrected chi connectivity index (χ1v) is 9.95. The van der Waals surface area contributed by atoms with Gasteiger partial charge in [0.05, 0.1) is 12.7 Å². The van der Waals surface area contributed by atoms with Crippen molar-refractivity contribution in [2.45, 2.75) is 46.0 Å². The molecule has 0 saturated heterocycles. The van der Waals surface area contributed by atoms with E-state index < -0.39 is 6.29 Å². The highest BCUT2D eigenvalue weighted by Crippen LogP contribution is 2.09. The van der Waals surface area contributed by atoms with Crippen LogP contribution in [-0.2, 0) is 19.1 Å². The summed E-state index contributed by atoms with van der Waals surface area (Å²) < 4.78 is 5.21. The number of ether oxygens (including phenoxy) is 1. The van der Waals surface area contributed by atoms with Gasteiger partial charge in [0.2, 0.25) is 5.91 Å². The molecule has 0 aromatic heterocycles. The number of hydrogen-bond acceptors (Lipinski definition) is 7. The van der Waals surface area contributed by atoms with Crippen LogP contribution < -0.4 is 5.32 Å². The lowest BCUT2D eigenvalue weighted by Crippen LogP contribution is -2.38. The molecule has 0 aromatic rings. The molecular formula is C17H30N2O6S. The molecule has 9 heteroatoms. The van der Waals surface area contributed by atoms with Crippen LogP contribution in [0.25, 0.3) is 0 Å². The summed E-state index contributed by atoms with van der Waals surface area (Å²) in [6.07, 6.45) is 1.92. The van der Waals surface area contributed by atoms with E-state index in [4.69, 9.17) is 9.84 Å². The van der Waals surface area contributed by atoms with Gasteiger partial charge in [0.1, 0.15) is 0 Å². The minimum absolute atomic E-state index is 0.141. The number of nitrogens with one attached hydrogen (secondary N) is 1. The Balaban J connectivity index is 0.00000301. The summed E-state index contributed by atoms with van der Waals surface area (Å²) in [5.74, 6) is -0.108. The Morgan fingerprint density at radius 3 is 2.46 bits per heavy atom. The Hall–Kier alpha value is -1.42. The van der Waals surface area contributed by atoms with E-state index in [9.17, 15) is 19.5 Å². The van der Waals surface area contributed by atoms with Crippen molar-refractivity contribution in [1.29, 1.82) is 0 Å². The number of aliphatic hydroxyl groups excluding tert-OH is 2. The molecule has 1 heterocycles. The molecule has 2 atom stereocenters. The van der Waals surface area contributed by atoms with Crippen molar-refractivity contribution in [2.24, 2.45) is 0 Å². The second-order valence-corrected chi connectivity index (χ2v) is 6.29. The number of carbonyl (C=O) groups excluding carboxylic acids is 3. The molecule has 0 bridgehead atoms. The van der Waals surface area contributed by atoms with Gasteiger partial charge in [0, 0.05) is 43.2 Å². The molecule has 0 aliphatic carbocycles. The standard InChI is InChI=1S/C15H24N2O6S.C2H6/c1-2-11(9-18)23-15(22)10-24-8-5-12(19)16-6-7-17-13(20)3-4-14(17)21;1-2/h3-4,11,15,18,22H,2,5-10H2,1H3,(H,16,19);1-2H3. The second-order valence-electron chi connectivity index (χ2n) is 5.14. The van der Waals surface area contributed by atoms with Gasteiger partial charge in [-0.25, -0.2) is 0 Å². The molecule has 1 rings (SSSR count). The predicted octanol–water partition coefficient (Wildman–Crippen LogP) is 0.283. The Morgan fingerprint density at radius 2 is 1.92 bits per heavy atom. The largest absolute Gasteiger partial charge is 0.394 e. The molecule has 1 aliphatic heterocycles. The number of carbonyl (C=O) groups is 3. The van der Waals surface area contributed by atoms with Crippen molar-refractivity contribution in [1.82, 2.24) is 10.2 Å². The monoisotopic (exact) mass is 390 g/mol. The highest BCUT2D eigenvalue weighted by Gasteiger charge is 2.22. The molecule has 0 aromatic carbocycles. The Kier molecular flexibility index (Phi) is 13.9. The van der Waals surface area contributed by atoms with Gasteiger partial charge in [-0.1, -0.05) is 20.8 Å². The molecular weight excluding hydrogens is 360 g/mol. The average Bonchev–Trinajstić information content (AvgIpc) is 2.97. The summed E-state index contributed by atoms with van der Waals surface area (Å²) >= 11 is 1.37. The van der Waals surface area contributed by atoms with Gasteiger partial charge < -0.3 is 20.3 Å². The van der Waals surface area contributed by atoms with Crippen LogP contribution in [0.1, 0.15) is 33.6 Å². The molecule has 0 saturated carbocycles. The minimum atomic E-state index is -0.977. The van der Waals surface area contributed by atoms with E-state index in [0.717, 1.165) is 4.90 Å². The number of rotatable bonds is 12. The van der Waals surface area contributed by atoms with Crippen LogP contribution in [0.4, 0.5) is 0 Å². The molecule has 2 unspecified atom stereocenters. The molecule has 0 radical (unpaired) electrons. The van der Waals surface area contributed by atoms with E-state index in [1.165, 1.54) is 23.9 Å². The minimum Gasteiger partial charge on any atom is -0.394 e. The summed E-state index contributed by atoms with van der Waals surface area (Å²) in [5.41, 5.74) is 0. The molecule has 8 nitrogen and oxygen atoms in total. The Bertz CT molecular complexity index is 450. The number of aliphatic hydroxyl groups is 2. The first kappa shape index (κ1) is 24.6. The van der Waals surface area contributed by atoms with Crippen LogP contribution >= 0.6 is 11.8 Å². The molecule has 3 N–H and O–H groups in total. The van der Waals surface area contributed by atoms with Crippen LogP contribution in [-0.4, -0.2) is 76.4 Å².